The van der Waals surface area contributed by atoms with Crippen molar-refractivity contribution in [2.45, 2.75) is 50.7 Å². The van der Waals surface area contributed by atoms with Gasteiger partial charge >= 0.3 is 0 Å². The first-order chi connectivity index (χ1) is 5.38. The van der Waals surface area contributed by atoms with Crippen LogP contribution in [0.2, 0.25) is 0 Å². The van der Waals surface area contributed by atoms with Gasteiger partial charge in [-0.05, 0) is 38.6 Å². The van der Waals surface area contributed by atoms with Crippen LogP contribution in [0.5, 0.6) is 0 Å². The van der Waals surface area contributed by atoms with Gasteiger partial charge in [-0.3, -0.25) is 4.90 Å². The number of likely N-dealkylation sites (tertiary alicyclic amines) is 1. The van der Waals surface area contributed by atoms with Crippen LogP contribution in [0.1, 0.15) is 38.5 Å². The van der Waals surface area contributed by atoms with Gasteiger partial charge in [-0.1, -0.05) is 6.42 Å². The van der Waals surface area contributed by atoms with Gasteiger partial charge in [0.25, 0.3) is 0 Å². The third kappa shape index (κ3) is 1.42. The first kappa shape index (κ1) is 7.56. The minimum absolute atomic E-state index is 0.383. The molecule has 0 spiro atoms. The number of nitrogens with zero attached hydrogens (tertiary/aromatic N) is 1. The van der Waals surface area contributed by atoms with E-state index in [1.165, 1.54) is 45.1 Å². The molecule has 0 aromatic rings. The zero-order valence-electron chi connectivity index (χ0n) is 7.13. The topological polar surface area (TPSA) is 29.3 Å². The highest BCUT2D eigenvalue weighted by Crippen LogP contribution is 2.28. The maximum Gasteiger partial charge on any atom is 0.0574 e. The Hall–Kier alpha value is -0.0800. The molecule has 2 heteroatoms. The largest absolute Gasteiger partial charge is 0.316 e. The van der Waals surface area contributed by atoms with Crippen molar-refractivity contribution in [2.75, 3.05) is 6.54 Å². The molecule has 1 atom stereocenters. The third-order valence-electron chi connectivity index (χ3n) is 3.14. The monoisotopic (exact) mass is 154 g/mol. The van der Waals surface area contributed by atoms with Crippen molar-refractivity contribution in [3.8, 4) is 0 Å². The summed E-state index contributed by atoms with van der Waals surface area (Å²) in [5.41, 5.74) is 6.02. The molecule has 1 unspecified atom stereocenters. The molecule has 0 amide bonds. The third-order valence-corrected chi connectivity index (χ3v) is 3.14. The summed E-state index contributed by atoms with van der Waals surface area (Å²) in [4.78, 5) is 2.52. The molecule has 2 aliphatic rings. The van der Waals surface area contributed by atoms with E-state index in [2.05, 4.69) is 4.90 Å². The van der Waals surface area contributed by atoms with Crippen molar-refractivity contribution in [1.82, 2.24) is 4.90 Å². The highest BCUT2D eigenvalue weighted by atomic mass is 15.3. The first-order valence-corrected chi connectivity index (χ1v) is 4.89. The average Bonchev–Trinajstić information content (AvgIpc) is 1.90. The molecule has 1 aliphatic heterocycles. The predicted molar refractivity (Wildman–Crippen MR) is 46.2 cm³/mol. The molecule has 2 N–H and O–H groups in total. The van der Waals surface area contributed by atoms with E-state index in [0.717, 1.165) is 6.04 Å². The Bertz CT molecular complexity index is 130. The maximum absolute atomic E-state index is 6.02. The number of hydrogen-bond donors (Lipinski definition) is 1. The Morgan fingerprint density at radius 3 is 2.36 bits per heavy atom. The van der Waals surface area contributed by atoms with Crippen LogP contribution in [0.4, 0.5) is 0 Å². The zero-order valence-corrected chi connectivity index (χ0v) is 7.13. The second-order valence-electron chi connectivity index (χ2n) is 3.89. The predicted octanol–water partition coefficient (Wildman–Crippen LogP) is 1.31. The Labute approximate surface area is 68.7 Å². The molecule has 64 valence electrons. The van der Waals surface area contributed by atoms with Gasteiger partial charge in [0.2, 0.25) is 0 Å². The van der Waals surface area contributed by atoms with Crippen LogP contribution in [0.15, 0.2) is 0 Å². The Morgan fingerprint density at radius 2 is 1.82 bits per heavy atom. The zero-order chi connectivity index (χ0) is 7.68. The lowest BCUT2D eigenvalue weighted by molar-refractivity contribution is 0.0547. The van der Waals surface area contributed by atoms with Crippen molar-refractivity contribution in [1.29, 1.82) is 0 Å². The van der Waals surface area contributed by atoms with Crippen LogP contribution in [0.3, 0.4) is 0 Å². The Balaban J connectivity index is 1.88. The molecule has 0 bridgehead atoms. The SMILES string of the molecule is NC1CCCCN1C1CCC1. The molecular formula is C9H18N2. The van der Waals surface area contributed by atoms with Crippen molar-refractivity contribution >= 4 is 0 Å². The number of nitrogens with two attached hydrogens (primary N) is 1. The first-order valence-electron chi connectivity index (χ1n) is 4.89. The molecule has 2 nitrogen and oxygen atoms in total. The van der Waals surface area contributed by atoms with Crippen LogP contribution in [0.25, 0.3) is 0 Å². The molecule has 1 saturated heterocycles. The lowest BCUT2D eigenvalue weighted by atomic mass is 9.89. The van der Waals surface area contributed by atoms with Crippen LogP contribution >= 0.6 is 0 Å². The summed E-state index contributed by atoms with van der Waals surface area (Å²) in [5.74, 6) is 0. The van der Waals surface area contributed by atoms with E-state index >= 15 is 0 Å². The van der Waals surface area contributed by atoms with Crippen molar-refractivity contribution in [2.24, 2.45) is 5.73 Å². The van der Waals surface area contributed by atoms with Crippen LogP contribution in [-0.4, -0.2) is 23.7 Å². The van der Waals surface area contributed by atoms with E-state index in [1.54, 1.807) is 0 Å². The van der Waals surface area contributed by atoms with E-state index in [0.29, 0.717) is 6.17 Å². The summed E-state index contributed by atoms with van der Waals surface area (Å²) >= 11 is 0. The van der Waals surface area contributed by atoms with Gasteiger partial charge in [0, 0.05) is 6.04 Å². The smallest absolute Gasteiger partial charge is 0.0574 e. The second kappa shape index (κ2) is 3.11. The van der Waals surface area contributed by atoms with Crippen molar-refractivity contribution in [3.63, 3.8) is 0 Å². The quantitative estimate of drug-likeness (QED) is 0.617. The number of rotatable bonds is 1. The maximum atomic E-state index is 6.02. The minimum atomic E-state index is 0.383. The van der Waals surface area contributed by atoms with Gasteiger partial charge in [0.1, 0.15) is 0 Å². The van der Waals surface area contributed by atoms with Gasteiger partial charge < -0.3 is 5.73 Å². The molecule has 2 fully saturated rings. The molecular weight excluding hydrogens is 136 g/mol. The summed E-state index contributed by atoms with van der Waals surface area (Å²) in [6, 6.07) is 0.852. The lowest BCUT2D eigenvalue weighted by Gasteiger charge is -2.43. The van der Waals surface area contributed by atoms with E-state index < -0.39 is 0 Å². The molecule has 0 radical (unpaired) electrons. The fourth-order valence-electron chi connectivity index (χ4n) is 2.15. The minimum Gasteiger partial charge on any atom is -0.316 e. The van der Waals surface area contributed by atoms with Crippen LogP contribution in [-0.2, 0) is 0 Å². The van der Waals surface area contributed by atoms with Gasteiger partial charge in [0.05, 0.1) is 6.17 Å². The van der Waals surface area contributed by atoms with Gasteiger partial charge in [-0.15, -0.1) is 0 Å². The number of hydrogen-bond acceptors (Lipinski definition) is 2. The Morgan fingerprint density at radius 1 is 1.00 bits per heavy atom. The molecule has 0 aromatic heterocycles. The molecule has 1 heterocycles. The lowest BCUT2D eigenvalue weighted by Crippen LogP contribution is -2.53. The fraction of sp³-hybridized carbons (Fsp3) is 1.00. The van der Waals surface area contributed by atoms with E-state index in [9.17, 15) is 0 Å². The van der Waals surface area contributed by atoms with E-state index in [-0.39, 0.29) is 0 Å². The molecule has 2 rings (SSSR count). The van der Waals surface area contributed by atoms with Crippen molar-refractivity contribution < 1.29 is 0 Å². The van der Waals surface area contributed by atoms with Crippen LogP contribution in [0, 0.1) is 0 Å². The average molecular weight is 154 g/mol. The summed E-state index contributed by atoms with van der Waals surface area (Å²) in [6.07, 6.45) is 8.52. The second-order valence-corrected chi connectivity index (χ2v) is 3.89. The highest BCUT2D eigenvalue weighted by molar-refractivity contribution is 4.84. The highest BCUT2D eigenvalue weighted by Gasteiger charge is 2.29. The Kier molecular flexibility index (Phi) is 2.14. The van der Waals surface area contributed by atoms with E-state index in [1.807, 2.05) is 0 Å². The van der Waals surface area contributed by atoms with Crippen LogP contribution < -0.4 is 5.73 Å². The van der Waals surface area contributed by atoms with Gasteiger partial charge in [0.15, 0.2) is 0 Å². The number of piperidine rings is 1. The molecule has 1 saturated carbocycles. The summed E-state index contributed by atoms with van der Waals surface area (Å²) in [7, 11) is 0. The standard InChI is InChI=1S/C9H18N2/c10-9-6-1-2-7-11(9)8-4-3-5-8/h8-9H,1-7,10H2. The molecule has 0 aromatic carbocycles. The molecule has 1 aliphatic carbocycles. The summed E-state index contributed by atoms with van der Waals surface area (Å²) in [6.45, 7) is 1.26. The van der Waals surface area contributed by atoms with Crippen molar-refractivity contribution in [3.05, 3.63) is 0 Å². The van der Waals surface area contributed by atoms with E-state index in [4.69, 9.17) is 5.73 Å². The fourth-order valence-corrected chi connectivity index (χ4v) is 2.15. The summed E-state index contributed by atoms with van der Waals surface area (Å²) < 4.78 is 0. The van der Waals surface area contributed by atoms with Gasteiger partial charge in [-0.25, -0.2) is 0 Å². The normalized spacial score (nSPS) is 35.2. The van der Waals surface area contributed by atoms with Gasteiger partial charge in [-0.2, -0.15) is 0 Å². The molecule has 11 heavy (non-hydrogen) atoms. The summed E-state index contributed by atoms with van der Waals surface area (Å²) in [5, 5.41) is 0.